The van der Waals surface area contributed by atoms with Crippen LogP contribution in [0.4, 0.5) is 10.8 Å². The van der Waals surface area contributed by atoms with Gasteiger partial charge in [-0.1, -0.05) is 29.5 Å². The van der Waals surface area contributed by atoms with Gasteiger partial charge >= 0.3 is 0 Å². The first kappa shape index (κ1) is 13.2. The van der Waals surface area contributed by atoms with E-state index in [1.165, 1.54) is 13.1 Å². The standard InChI is InChI=1S/C13H13N3O2S/c1-8-5-3-4-6-10(8)16-12(18)11-7-14-13(19-11)15-9(2)17/h3-7H,1-2H3,(H,16,18)(H,14,15,17). The van der Waals surface area contributed by atoms with Crippen LogP contribution in [0.1, 0.15) is 22.2 Å². The fourth-order valence-corrected chi connectivity index (χ4v) is 2.24. The molecule has 2 rings (SSSR count). The summed E-state index contributed by atoms with van der Waals surface area (Å²) >= 11 is 1.14. The Morgan fingerprint density at radius 3 is 2.63 bits per heavy atom. The third-order valence-corrected chi connectivity index (χ3v) is 3.32. The predicted octanol–water partition coefficient (Wildman–Crippen LogP) is 2.66. The van der Waals surface area contributed by atoms with E-state index >= 15 is 0 Å². The van der Waals surface area contributed by atoms with Crippen LogP contribution in [0.25, 0.3) is 0 Å². The minimum atomic E-state index is -0.233. The SMILES string of the molecule is CC(=O)Nc1ncc(C(=O)Nc2ccccc2C)s1. The summed E-state index contributed by atoms with van der Waals surface area (Å²) in [5.41, 5.74) is 1.75. The number of nitrogens with one attached hydrogen (secondary N) is 2. The van der Waals surface area contributed by atoms with Gasteiger partial charge < -0.3 is 10.6 Å². The molecule has 2 amide bonds. The molecule has 0 radical (unpaired) electrons. The van der Waals surface area contributed by atoms with Gasteiger partial charge in [0.1, 0.15) is 4.88 Å². The van der Waals surface area contributed by atoms with Crippen LogP contribution in [0.15, 0.2) is 30.5 Å². The first-order valence-corrected chi connectivity index (χ1v) is 6.48. The van der Waals surface area contributed by atoms with Gasteiger partial charge in [-0.15, -0.1) is 0 Å². The first-order chi connectivity index (χ1) is 9.06. The molecule has 0 fully saturated rings. The van der Waals surface area contributed by atoms with E-state index in [1.54, 1.807) is 0 Å². The van der Waals surface area contributed by atoms with Crippen LogP contribution in [0.5, 0.6) is 0 Å². The summed E-state index contributed by atoms with van der Waals surface area (Å²) in [6.45, 7) is 3.32. The third-order valence-electron chi connectivity index (χ3n) is 2.41. The molecule has 0 aliphatic heterocycles. The second-order valence-electron chi connectivity index (χ2n) is 3.98. The van der Waals surface area contributed by atoms with Gasteiger partial charge in [0.15, 0.2) is 5.13 Å². The van der Waals surface area contributed by atoms with Crippen molar-refractivity contribution in [3.8, 4) is 0 Å². The van der Waals surface area contributed by atoms with Crippen LogP contribution in [-0.2, 0) is 4.79 Å². The summed E-state index contributed by atoms with van der Waals surface area (Å²) in [7, 11) is 0. The molecule has 2 N–H and O–H groups in total. The largest absolute Gasteiger partial charge is 0.321 e. The quantitative estimate of drug-likeness (QED) is 0.904. The van der Waals surface area contributed by atoms with Crippen molar-refractivity contribution in [3.63, 3.8) is 0 Å². The van der Waals surface area contributed by atoms with Crippen molar-refractivity contribution in [3.05, 3.63) is 40.9 Å². The smallest absolute Gasteiger partial charge is 0.267 e. The molecule has 5 nitrogen and oxygen atoms in total. The van der Waals surface area contributed by atoms with Crippen molar-refractivity contribution in [1.29, 1.82) is 0 Å². The summed E-state index contributed by atoms with van der Waals surface area (Å²) in [6.07, 6.45) is 1.45. The maximum atomic E-state index is 12.0. The molecule has 0 saturated heterocycles. The highest BCUT2D eigenvalue weighted by atomic mass is 32.1. The zero-order valence-electron chi connectivity index (χ0n) is 10.6. The molecule has 0 atom stereocenters. The van der Waals surface area contributed by atoms with Gasteiger partial charge in [-0.25, -0.2) is 4.98 Å². The van der Waals surface area contributed by atoms with Crippen LogP contribution < -0.4 is 10.6 Å². The number of rotatable bonds is 3. The number of aryl methyl sites for hydroxylation is 1. The monoisotopic (exact) mass is 275 g/mol. The maximum absolute atomic E-state index is 12.0. The lowest BCUT2D eigenvalue weighted by Crippen LogP contribution is -2.11. The lowest BCUT2D eigenvalue weighted by atomic mass is 10.2. The summed E-state index contributed by atoms with van der Waals surface area (Å²) in [5, 5.41) is 5.77. The molecule has 0 aliphatic carbocycles. The van der Waals surface area contributed by atoms with Crippen molar-refractivity contribution in [2.75, 3.05) is 10.6 Å². The topological polar surface area (TPSA) is 71.1 Å². The average molecular weight is 275 g/mol. The van der Waals surface area contributed by atoms with Crippen LogP contribution in [0.2, 0.25) is 0 Å². The van der Waals surface area contributed by atoms with Crippen LogP contribution in [0, 0.1) is 6.92 Å². The zero-order valence-corrected chi connectivity index (χ0v) is 11.4. The zero-order chi connectivity index (χ0) is 13.8. The van der Waals surface area contributed by atoms with E-state index in [-0.39, 0.29) is 11.8 Å². The Bertz CT molecular complexity index is 622. The van der Waals surface area contributed by atoms with Crippen LogP contribution in [-0.4, -0.2) is 16.8 Å². The number of anilines is 2. The van der Waals surface area contributed by atoms with E-state index in [4.69, 9.17) is 0 Å². The molecule has 1 aromatic carbocycles. The summed E-state index contributed by atoms with van der Waals surface area (Å²) in [5.74, 6) is -0.441. The van der Waals surface area contributed by atoms with Gasteiger partial charge in [0.2, 0.25) is 5.91 Å². The second kappa shape index (κ2) is 5.62. The average Bonchev–Trinajstić information content (AvgIpc) is 2.79. The van der Waals surface area contributed by atoms with E-state index < -0.39 is 0 Å². The van der Waals surface area contributed by atoms with Gasteiger partial charge in [-0.05, 0) is 18.6 Å². The van der Waals surface area contributed by atoms with Crippen molar-refractivity contribution < 1.29 is 9.59 Å². The molecular weight excluding hydrogens is 262 g/mol. The number of hydrogen-bond donors (Lipinski definition) is 2. The number of thiazole rings is 1. The Labute approximate surface area is 114 Å². The molecule has 0 bridgehead atoms. The fraction of sp³-hybridized carbons (Fsp3) is 0.154. The number of carbonyl (C=O) groups is 2. The van der Waals surface area contributed by atoms with Crippen molar-refractivity contribution in [2.45, 2.75) is 13.8 Å². The minimum Gasteiger partial charge on any atom is -0.321 e. The van der Waals surface area contributed by atoms with Gasteiger partial charge in [-0.2, -0.15) is 0 Å². The molecule has 0 saturated carbocycles. The predicted molar refractivity (Wildman–Crippen MR) is 75.5 cm³/mol. The molecule has 0 spiro atoms. The van der Waals surface area contributed by atoms with E-state index in [0.29, 0.717) is 10.0 Å². The highest BCUT2D eigenvalue weighted by molar-refractivity contribution is 7.17. The molecule has 1 heterocycles. The Balaban J connectivity index is 2.10. The number of aromatic nitrogens is 1. The van der Waals surface area contributed by atoms with Crippen molar-refractivity contribution in [2.24, 2.45) is 0 Å². The molecule has 0 unspecified atom stereocenters. The summed E-state index contributed by atoms with van der Waals surface area (Å²) in [6, 6.07) is 7.53. The van der Waals surface area contributed by atoms with Crippen LogP contribution in [0.3, 0.4) is 0 Å². The number of hydrogen-bond acceptors (Lipinski definition) is 4. The Hall–Kier alpha value is -2.21. The van der Waals surface area contributed by atoms with Gasteiger partial charge in [0.25, 0.3) is 5.91 Å². The van der Waals surface area contributed by atoms with E-state index in [2.05, 4.69) is 15.6 Å². The van der Waals surface area contributed by atoms with Gasteiger partial charge in [0.05, 0.1) is 6.20 Å². The molecule has 0 aliphatic rings. The Morgan fingerprint density at radius 2 is 1.95 bits per heavy atom. The highest BCUT2D eigenvalue weighted by Gasteiger charge is 2.12. The second-order valence-corrected chi connectivity index (χ2v) is 5.01. The number of benzene rings is 1. The Kier molecular flexibility index (Phi) is 3.91. The Morgan fingerprint density at radius 1 is 1.21 bits per heavy atom. The van der Waals surface area contributed by atoms with E-state index in [0.717, 1.165) is 22.6 Å². The van der Waals surface area contributed by atoms with E-state index in [9.17, 15) is 9.59 Å². The third kappa shape index (κ3) is 3.38. The molecule has 2 aromatic rings. The van der Waals surface area contributed by atoms with Crippen molar-refractivity contribution in [1.82, 2.24) is 4.98 Å². The number of carbonyl (C=O) groups excluding carboxylic acids is 2. The number of nitrogens with zero attached hydrogens (tertiary/aromatic N) is 1. The summed E-state index contributed by atoms with van der Waals surface area (Å²) < 4.78 is 0. The molecule has 1 aromatic heterocycles. The normalized spacial score (nSPS) is 10.0. The molecule has 98 valence electrons. The number of amides is 2. The molecule has 19 heavy (non-hydrogen) atoms. The maximum Gasteiger partial charge on any atom is 0.267 e. The fourth-order valence-electron chi connectivity index (χ4n) is 1.48. The lowest BCUT2D eigenvalue weighted by Gasteiger charge is -2.05. The highest BCUT2D eigenvalue weighted by Crippen LogP contribution is 2.20. The van der Waals surface area contributed by atoms with Crippen LogP contribution >= 0.6 is 11.3 Å². The van der Waals surface area contributed by atoms with Gasteiger partial charge in [0, 0.05) is 12.6 Å². The van der Waals surface area contributed by atoms with Gasteiger partial charge in [-0.3, -0.25) is 9.59 Å². The molecule has 6 heteroatoms. The summed E-state index contributed by atoms with van der Waals surface area (Å²) in [4.78, 5) is 27.3. The van der Waals surface area contributed by atoms with Crippen molar-refractivity contribution >= 4 is 34.0 Å². The lowest BCUT2D eigenvalue weighted by molar-refractivity contribution is -0.114. The minimum absolute atomic E-state index is 0.208. The van der Waals surface area contributed by atoms with E-state index in [1.807, 2.05) is 31.2 Å². The first-order valence-electron chi connectivity index (χ1n) is 5.66. The number of para-hydroxylation sites is 1. The molecular formula is C13H13N3O2S.